The number of amides is 1. The number of para-hydroxylation sites is 1. The van der Waals surface area contributed by atoms with Crippen molar-refractivity contribution in [2.24, 2.45) is 0 Å². The lowest BCUT2D eigenvalue weighted by Gasteiger charge is -2.18. The molecule has 0 unspecified atom stereocenters. The molecule has 0 aliphatic carbocycles. The first-order valence-corrected chi connectivity index (χ1v) is 9.82. The summed E-state index contributed by atoms with van der Waals surface area (Å²) in [7, 11) is 0. The second kappa shape index (κ2) is 8.69. The Labute approximate surface area is 169 Å². The Morgan fingerprint density at radius 3 is 2.69 bits per heavy atom. The third-order valence-corrected chi connectivity index (χ3v) is 5.02. The quantitative estimate of drug-likeness (QED) is 0.446. The van der Waals surface area contributed by atoms with E-state index in [4.69, 9.17) is 9.15 Å². The minimum absolute atomic E-state index is 0.0226. The fourth-order valence-electron chi connectivity index (χ4n) is 3.61. The molecular weight excluding hydrogens is 364 g/mol. The summed E-state index contributed by atoms with van der Waals surface area (Å²) in [5.74, 6) is 1.48. The zero-order valence-corrected chi connectivity index (χ0v) is 16.4. The second-order valence-electron chi connectivity index (χ2n) is 6.90. The first-order valence-electron chi connectivity index (χ1n) is 9.82. The molecule has 1 atom stereocenters. The van der Waals surface area contributed by atoms with Crippen LogP contribution in [-0.4, -0.2) is 17.5 Å². The van der Waals surface area contributed by atoms with Crippen LogP contribution in [-0.2, 0) is 11.3 Å². The van der Waals surface area contributed by atoms with Gasteiger partial charge in [0, 0.05) is 29.4 Å². The number of H-pyrrole nitrogens is 1. The van der Waals surface area contributed by atoms with Crippen molar-refractivity contribution in [2.75, 3.05) is 6.61 Å². The highest BCUT2D eigenvalue weighted by atomic mass is 16.5. The van der Waals surface area contributed by atoms with E-state index in [-0.39, 0.29) is 11.8 Å². The van der Waals surface area contributed by atoms with Crippen molar-refractivity contribution >= 4 is 16.8 Å². The molecule has 2 aromatic heterocycles. The Hall–Kier alpha value is -3.47. The van der Waals surface area contributed by atoms with E-state index in [0.29, 0.717) is 19.6 Å². The number of hydrogen-bond acceptors (Lipinski definition) is 3. The average Bonchev–Trinajstić information content (AvgIpc) is 3.41. The molecule has 4 aromatic rings. The lowest BCUT2D eigenvalue weighted by Crippen LogP contribution is -2.24. The summed E-state index contributed by atoms with van der Waals surface area (Å²) in [5, 5.41) is 4.09. The van der Waals surface area contributed by atoms with Crippen LogP contribution in [0.4, 0.5) is 0 Å². The molecule has 1 amide bonds. The predicted molar refractivity (Wildman–Crippen MR) is 113 cm³/mol. The van der Waals surface area contributed by atoms with Crippen LogP contribution in [0.15, 0.2) is 77.5 Å². The molecule has 0 saturated carbocycles. The van der Waals surface area contributed by atoms with Gasteiger partial charge >= 0.3 is 0 Å². The second-order valence-corrected chi connectivity index (χ2v) is 6.90. The third-order valence-electron chi connectivity index (χ3n) is 5.02. The molecule has 4 rings (SSSR count). The van der Waals surface area contributed by atoms with E-state index in [0.717, 1.165) is 33.5 Å². The summed E-state index contributed by atoms with van der Waals surface area (Å²) in [5.41, 5.74) is 3.25. The molecule has 0 bridgehead atoms. The highest BCUT2D eigenvalue weighted by molar-refractivity contribution is 5.86. The molecule has 2 heterocycles. The van der Waals surface area contributed by atoms with Gasteiger partial charge < -0.3 is 19.5 Å². The molecule has 148 valence electrons. The van der Waals surface area contributed by atoms with Gasteiger partial charge in [0.2, 0.25) is 5.91 Å². The molecule has 2 aromatic carbocycles. The molecule has 0 saturated heterocycles. The van der Waals surface area contributed by atoms with Gasteiger partial charge in [-0.25, -0.2) is 0 Å². The van der Waals surface area contributed by atoms with Crippen LogP contribution in [0.5, 0.6) is 5.75 Å². The van der Waals surface area contributed by atoms with Crippen molar-refractivity contribution in [3.63, 3.8) is 0 Å². The van der Waals surface area contributed by atoms with Crippen molar-refractivity contribution in [1.29, 1.82) is 0 Å². The van der Waals surface area contributed by atoms with Crippen LogP contribution in [0.3, 0.4) is 0 Å². The number of rotatable bonds is 8. The van der Waals surface area contributed by atoms with Gasteiger partial charge in [-0.1, -0.05) is 30.3 Å². The molecule has 29 heavy (non-hydrogen) atoms. The fraction of sp³-hybridized carbons (Fsp3) is 0.208. The Bertz CT molecular complexity index is 1070. The number of fused-ring (bicyclic) bond motifs is 1. The first kappa shape index (κ1) is 18.9. The summed E-state index contributed by atoms with van der Waals surface area (Å²) in [6, 6.07) is 19.8. The molecule has 5 nitrogen and oxygen atoms in total. The summed E-state index contributed by atoms with van der Waals surface area (Å²) in [4.78, 5) is 16.1. The highest BCUT2D eigenvalue weighted by Crippen LogP contribution is 2.34. The number of aromatic nitrogens is 1. The van der Waals surface area contributed by atoms with Gasteiger partial charge in [0.15, 0.2) is 0 Å². The third kappa shape index (κ3) is 4.35. The Morgan fingerprint density at radius 1 is 1.10 bits per heavy atom. The first-order chi connectivity index (χ1) is 14.2. The van der Waals surface area contributed by atoms with Gasteiger partial charge in [-0.15, -0.1) is 0 Å². The van der Waals surface area contributed by atoms with Crippen LogP contribution in [0.25, 0.3) is 10.9 Å². The molecule has 0 aliphatic heterocycles. The van der Waals surface area contributed by atoms with Gasteiger partial charge in [0.1, 0.15) is 11.5 Å². The average molecular weight is 388 g/mol. The lowest BCUT2D eigenvalue weighted by molar-refractivity contribution is -0.121. The van der Waals surface area contributed by atoms with Crippen molar-refractivity contribution < 1.29 is 13.9 Å². The van der Waals surface area contributed by atoms with E-state index < -0.39 is 0 Å². The maximum Gasteiger partial charge on any atom is 0.221 e. The summed E-state index contributed by atoms with van der Waals surface area (Å²) < 4.78 is 10.9. The monoisotopic (exact) mass is 388 g/mol. The predicted octanol–water partition coefficient (Wildman–Crippen LogP) is 5.00. The number of nitrogens with one attached hydrogen (secondary N) is 2. The molecule has 0 spiro atoms. The standard InChI is InChI=1S/C24H24N2O3/c1-2-28-18-11-9-17(10-12-18)21(14-24(27)26-15-19-6-5-13-29-19)22-16-25-23-8-4-3-7-20(22)23/h3-13,16,21,25H,2,14-15H2,1H3,(H,26,27)/t21-/m0/s1. The van der Waals surface area contributed by atoms with Crippen LogP contribution >= 0.6 is 0 Å². The van der Waals surface area contributed by atoms with Gasteiger partial charge in [-0.2, -0.15) is 0 Å². The maximum absolute atomic E-state index is 12.7. The number of aromatic amines is 1. The molecule has 0 radical (unpaired) electrons. The number of benzene rings is 2. The van der Waals surface area contributed by atoms with Crippen molar-refractivity contribution in [2.45, 2.75) is 25.8 Å². The van der Waals surface area contributed by atoms with E-state index in [1.165, 1.54) is 0 Å². The lowest BCUT2D eigenvalue weighted by atomic mass is 9.88. The van der Waals surface area contributed by atoms with E-state index in [1.807, 2.05) is 67.7 Å². The van der Waals surface area contributed by atoms with Gasteiger partial charge in [0.05, 0.1) is 19.4 Å². The normalized spacial score (nSPS) is 12.0. The van der Waals surface area contributed by atoms with Gasteiger partial charge in [-0.05, 0) is 48.4 Å². The Kier molecular flexibility index (Phi) is 5.66. The molecule has 0 aliphatic rings. The minimum Gasteiger partial charge on any atom is -0.494 e. The number of carbonyl (C=O) groups is 1. The topological polar surface area (TPSA) is 67.3 Å². The van der Waals surface area contributed by atoms with Crippen molar-refractivity contribution in [1.82, 2.24) is 10.3 Å². The zero-order valence-electron chi connectivity index (χ0n) is 16.4. The van der Waals surface area contributed by atoms with E-state index in [2.05, 4.69) is 16.4 Å². The van der Waals surface area contributed by atoms with E-state index >= 15 is 0 Å². The highest BCUT2D eigenvalue weighted by Gasteiger charge is 2.21. The molecular formula is C24H24N2O3. The smallest absolute Gasteiger partial charge is 0.221 e. The number of furan rings is 1. The number of ether oxygens (including phenoxy) is 1. The molecule has 2 N–H and O–H groups in total. The van der Waals surface area contributed by atoms with Crippen LogP contribution in [0.2, 0.25) is 0 Å². The SMILES string of the molecule is CCOc1ccc([C@H](CC(=O)NCc2ccco2)c2c[nH]c3ccccc23)cc1. The largest absolute Gasteiger partial charge is 0.494 e. The van der Waals surface area contributed by atoms with Gasteiger partial charge in [-0.3, -0.25) is 4.79 Å². The summed E-state index contributed by atoms with van der Waals surface area (Å²) >= 11 is 0. The van der Waals surface area contributed by atoms with E-state index in [1.54, 1.807) is 6.26 Å². The summed E-state index contributed by atoms with van der Waals surface area (Å²) in [6.45, 7) is 2.97. The summed E-state index contributed by atoms with van der Waals surface area (Å²) in [6.07, 6.45) is 3.96. The van der Waals surface area contributed by atoms with Gasteiger partial charge in [0.25, 0.3) is 0 Å². The van der Waals surface area contributed by atoms with E-state index in [9.17, 15) is 4.79 Å². The Morgan fingerprint density at radius 2 is 1.93 bits per heavy atom. The zero-order chi connectivity index (χ0) is 20.1. The maximum atomic E-state index is 12.7. The van der Waals surface area contributed by atoms with Crippen molar-refractivity contribution in [3.8, 4) is 5.75 Å². The Balaban J connectivity index is 1.60. The van der Waals surface area contributed by atoms with Crippen LogP contribution in [0.1, 0.15) is 36.1 Å². The number of hydrogen-bond donors (Lipinski definition) is 2. The minimum atomic E-state index is -0.0709. The fourth-order valence-corrected chi connectivity index (χ4v) is 3.61. The number of carbonyl (C=O) groups excluding carboxylic acids is 1. The van der Waals surface area contributed by atoms with Crippen LogP contribution < -0.4 is 10.1 Å². The van der Waals surface area contributed by atoms with Crippen LogP contribution in [0, 0.1) is 0 Å². The molecule has 0 fully saturated rings. The van der Waals surface area contributed by atoms with Crippen molar-refractivity contribution in [3.05, 3.63) is 90.0 Å². The molecule has 5 heteroatoms.